The first kappa shape index (κ1) is 15.9. The van der Waals surface area contributed by atoms with Crippen LogP contribution in [0.4, 0.5) is 9.59 Å². The zero-order valence-corrected chi connectivity index (χ0v) is 12.6. The average molecular weight is 256 g/mol. The van der Waals surface area contributed by atoms with Crippen LogP contribution in [0.15, 0.2) is 12.3 Å². The first-order valence-electron chi connectivity index (χ1n) is 6.27. The number of nitrogens with zero attached hydrogens (tertiary/aromatic N) is 2. The van der Waals surface area contributed by atoms with E-state index in [1.54, 1.807) is 15.5 Å². The minimum Gasteiger partial charge on any atom is -0.347 e. The molecule has 0 fully saturated rings. The number of rotatable bonds is 7. The quantitative estimate of drug-likeness (QED) is 0.654. The Labute approximate surface area is 106 Å². The number of hydrogen-bond acceptors (Lipinski definition) is 2. The van der Waals surface area contributed by atoms with Crippen molar-refractivity contribution >= 4 is 19.9 Å². The van der Waals surface area contributed by atoms with Crippen LogP contribution in [0.3, 0.4) is 0 Å². The van der Waals surface area contributed by atoms with Crippen molar-refractivity contribution in [3.05, 3.63) is 12.3 Å². The molecule has 0 aromatic heterocycles. The Balaban J connectivity index is 4.88. The van der Waals surface area contributed by atoms with Crippen molar-refractivity contribution < 1.29 is 9.59 Å². The molecule has 2 amide bonds. The number of carbonyl (C=O) groups is 2. The third-order valence-corrected chi connectivity index (χ3v) is 5.18. The van der Waals surface area contributed by atoms with Gasteiger partial charge in [0.2, 0.25) is 11.1 Å². The smallest absolute Gasteiger partial charge is 0.269 e. The van der Waals surface area contributed by atoms with Crippen LogP contribution in [0.5, 0.6) is 0 Å². The lowest BCUT2D eigenvalue weighted by molar-refractivity contribution is 0.218. The van der Waals surface area contributed by atoms with Gasteiger partial charge in [-0.25, -0.2) is 0 Å². The molecule has 0 atom stereocenters. The topological polar surface area (TPSA) is 40.6 Å². The van der Waals surface area contributed by atoms with Crippen molar-refractivity contribution in [2.24, 2.45) is 0 Å². The molecule has 0 aromatic rings. The number of hydrogen-bond donors (Lipinski definition) is 0. The maximum Gasteiger partial charge on any atom is 0.269 e. The Morgan fingerprint density at radius 1 is 0.941 bits per heavy atom. The van der Waals surface area contributed by atoms with Crippen LogP contribution in [0.2, 0.25) is 0 Å². The Hall–Kier alpha value is -1.10. The largest absolute Gasteiger partial charge is 0.347 e. The van der Waals surface area contributed by atoms with E-state index < -0.39 is 8.80 Å². The van der Waals surface area contributed by atoms with Gasteiger partial charge in [-0.1, -0.05) is 5.70 Å². The molecule has 0 aliphatic rings. The first-order valence-corrected chi connectivity index (χ1v) is 8.09. The summed E-state index contributed by atoms with van der Waals surface area (Å²) in [6.45, 7) is 14.0. The first-order chi connectivity index (χ1) is 8.06. The lowest BCUT2D eigenvalue weighted by atomic mass is 10.6. The van der Waals surface area contributed by atoms with Gasteiger partial charge in [-0.2, -0.15) is 0 Å². The average Bonchev–Trinajstić information content (AvgIpc) is 2.33. The molecule has 4 nitrogen and oxygen atoms in total. The summed E-state index contributed by atoms with van der Waals surface area (Å²) in [5.41, 5.74) is 1.56. The van der Waals surface area contributed by atoms with E-state index in [1.807, 2.05) is 27.7 Å². The summed E-state index contributed by atoms with van der Waals surface area (Å²) in [5, 5.41) is 0. The fourth-order valence-corrected chi connectivity index (χ4v) is 3.90. The molecule has 0 bridgehead atoms. The van der Waals surface area contributed by atoms with E-state index in [0.29, 0.717) is 26.2 Å². The van der Waals surface area contributed by atoms with Gasteiger partial charge in [-0.05, 0) is 27.7 Å². The highest BCUT2D eigenvalue weighted by atomic mass is 28.3. The van der Waals surface area contributed by atoms with E-state index in [-0.39, 0.29) is 11.1 Å². The maximum absolute atomic E-state index is 12.2. The molecule has 0 unspecified atom stereocenters. The Kier molecular flexibility index (Phi) is 7.53. The molecule has 5 heteroatoms. The van der Waals surface area contributed by atoms with Crippen LogP contribution < -0.4 is 0 Å². The molecule has 0 radical (unpaired) electrons. The van der Waals surface area contributed by atoms with E-state index in [0.717, 1.165) is 0 Å². The van der Waals surface area contributed by atoms with Gasteiger partial charge in [-0.3, -0.25) is 9.59 Å². The summed E-state index contributed by atoms with van der Waals surface area (Å²) in [5.74, 6) is 0. The summed E-state index contributed by atoms with van der Waals surface area (Å²) in [4.78, 5) is 27.8. The van der Waals surface area contributed by atoms with Crippen LogP contribution in [0.1, 0.15) is 27.7 Å². The van der Waals surface area contributed by atoms with Crippen LogP contribution >= 0.6 is 0 Å². The maximum atomic E-state index is 12.2. The van der Waals surface area contributed by atoms with Crippen molar-refractivity contribution in [3.8, 4) is 0 Å². The Bertz CT molecular complexity index is 250. The minimum absolute atomic E-state index is 0.0121. The molecular weight excluding hydrogens is 232 g/mol. The van der Waals surface area contributed by atoms with Gasteiger partial charge in [-0.15, -0.1) is 6.58 Å². The summed E-state index contributed by atoms with van der Waals surface area (Å²) in [6, 6.07) is 0. The minimum atomic E-state index is -2.25. The van der Waals surface area contributed by atoms with Gasteiger partial charge in [0.05, 0.1) is 0 Å². The zero-order chi connectivity index (χ0) is 13.4. The third-order valence-electron chi connectivity index (χ3n) is 2.92. The van der Waals surface area contributed by atoms with E-state index >= 15 is 0 Å². The number of carbonyl (C=O) groups excluding carboxylic acids is 2. The molecule has 0 aromatic carbocycles. The molecule has 0 aliphatic carbocycles. The molecule has 98 valence electrons. The van der Waals surface area contributed by atoms with Gasteiger partial charge >= 0.3 is 0 Å². The Morgan fingerprint density at radius 2 is 1.24 bits per heavy atom. The zero-order valence-electron chi connectivity index (χ0n) is 11.4. The van der Waals surface area contributed by atoms with Gasteiger partial charge in [0.1, 0.15) is 0 Å². The molecule has 0 N–H and O–H groups in total. The van der Waals surface area contributed by atoms with Crippen molar-refractivity contribution in [2.75, 3.05) is 26.2 Å². The lowest BCUT2D eigenvalue weighted by Gasteiger charge is -2.26. The third kappa shape index (κ3) is 4.00. The van der Waals surface area contributed by atoms with E-state index in [2.05, 4.69) is 6.58 Å². The summed E-state index contributed by atoms with van der Waals surface area (Å²) in [6.07, 6.45) is 0. The van der Waals surface area contributed by atoms with Crippen LogP contribution in [0.25, 0.3) is 0 Å². The van der Waals surface area contributed by atoms with Crippen molar-refractivity contribution in [1.29, 1.82) is 0 Å². The fourth-order valence-electron chi connectivity index (χ4n) is 1.77. The fraction of sp³-hybridized carbons (Fsp3) is 0.667. The summed E-state index contributed by atoms with van der Waals surface area (Å²) in [7, 11) is -2.25. The molecule has 0 rings (SSSR count). The SMILES string of the molecule is C=C[SiH](C(=O)N(CC)CC)C(=O)N(CC)CC. The number of amides is 2. The van der Waals surface area contributed by atoms with Crippen molar-refractivity contribution in [1.82, 2.24) is 9.80 Å². The van der Waals surface area contributed by atoms with Crippen LogP contribution in [0, 0.1) is 0 Å². The summed E-state index contributed by atoms with van der Waals surface area (Å²) < 4.78 is 0. The van der Waals surface area contributed by atoms with Gasteiger partial charge in [0.15, 0.2) is 0 Å². The van der Waals surface area contributed by atoms with Crippen LogP contribution in [-0.2, 0) is 0 Å². The predicted molar refractivity (Wildman–Crippen MR) is 74.0 cm³/mol. The molecule has 0 heterocycles. The predicted octanol–water partition coefficient (Wildman–Crippen LogP) is 2.03. The van der Waals surface area contributed by atoms with Gasteiger partial charge < -0.3 is 9.80 Å². The molecular formula is C12H24N2O2Si. The normalized spacial score (nSPS) is 10.2. The highest BCUT2D eigenvalue weighted by Crippen LogP contribution is 2.04. The molecule has 0 aliphatic heterocycles. The van der Waals surface area contributed by atoms with Crippen molar-refractivity contribution in [3.63, 3.8) is 0 Å². The lowest BCUT2D eigenvalue weighted by Crippen LogP contribution is -2.50. The second kappa shape index (κ2) is 8.06. The van der Waals surface area contributed by atoms with Gasteiger partial charge in [0, 0.05) is 26.2 Å². The molecule has 17 heavy (non-hydrogen) atoms. The summed E-state index contributed by atoms with van der Waals surface area (Å²) >= 11 is 0. The van der Waals surface area contributed by atoms with Crippen LogP contribution in [-0.4, -0.2) is 55.8 Å². The molecule has 0 saturated heterocycles. The van der Waals surface area contributed by atoms with Gasteiger partial charge in [0.25, 0.3) is 8.80 Å². The van der Waals surface area contributed by atoms with Crippen molar-refractivity contribution in [2.45, 2.75) is 27.7 Å². The van der Waals surface area contributed by atoms with E-state index in [1.165, 1.54) is 0 Å². The second-order valence-corrected chi connectivity index (χ2v) is 6.15. The highest BCUT2D eigenvalue weighted by Gasteiger charge is 2.31. The Morgan fingerprint density at radius 3 is 1.41 bits per heavy atom. The molecule has 0 saturated carbocycles. The van der Waals surface area contributed by atoms with E-state index in [9.17, 15) is 9.59 Å². The van der Waals surface area contributed by atoms with E-state index in [4.69, 9.17) is 0 Å². The standard InChI is InChI=1S/C12H24N2O2Si/c1-6-13(7-2)11(15)17(10-5)12(16)14(8-3)9-4/h10,17H,5-9H2,1-4H3. The monoisotopic (exact) mass is 256 g/mol. The highest BCUT2D eigenvalue weighted by molar-refractivity contribution is 7.13. The molecule has 0 spiro atoms. The second-order valence-electron chi connectivity index (χ2n) is 3.73.